The molecule has 24 heavy (non-hydrogen) atoms. The Hall–Kier alpha value is -1.74. The summed E-state index contributed by atoms with van der Waals surface area (Å²) >= 11 is 1.75. The highest BCUT2D eigenvalue weighted by molar-refractivity contribution is 7.09. The highest BCUT2D eigenvalue weighted by Gasteiger charge is 2.23. The smallest absolute Gasteiger partial charge is 0.0991 e. The second-order valence-corrected chi connectivity index (χ2v) is 7.70. The molecule has 0 amide bonds. The average molecular weight is 340 g/mol. The summed E-state index contributed by atoms with van der Waals surface area (Å²) in [6, 6.07) is 10.2. The van der Waals surface area contributed by atoms with Crippen LogP contribution in [0.15, 0.2) is 29.8 Å². The number of hydrogen-bond acceptors (Lipinski definition) is 5. The first-order valence-corrected chi connectivity index (χ1v) is 9.31. The van der Waals surface area contributed by atoms with E-state index in [0.717, 1.165) is 49.9 Å². The van der Waals surface area contributed by atoms with E-state index in [-0.39, 0.29) is 0 Å². The van der Waals surface area contributed by atoms with Crippen LogP contribution in [0.5, 0.6) is 0 Å². The molecule has 1 aliphatic rings. The summed E-state index contributed by atoms with van der Waals surface area (Å²) in [4.78, 5) is 10.6. The Labute approximate surface area is 148 Å². The fraction of sp³-hybridized carbons (Fsp3) is 0.474. The number of benzene rings is 1. The van der Waals surface area contributed by atoms with Gasteiger partial charge in [-0.25, -0.2) is 4.98 Å². The van der Waals surface area contributed by atoms with Gasteiger partial charge in [0.2, 0.25) is 0 Å². The molecular formula is C19H24N4S. The van der Waals surface area contributed by atoms with Crippen molar-refractivity contribution in [2.75, 3.05) is 26.7 Å². The SMILES string of the molecule is Cc1ncsc1CN(C)CC1CCN(Cc2cccc(C#N)c2)C1. The molecule has 0 radical (unpaired) electrons. The monoisotopic (exact) mass is 340 g/mol. The van der Waals surface area contributed by atoms with Gasteiger partial charge >= 0.3 is 0 Å². The second-order valence-electron chi connectivity index (χ2n) is 6.76. The van der Waals surface area contributed by atoms with Gasteiger partial charge in [0.25, 0.3) is 0 Å². The van der Waals surface area contributed by atoms with Crippen molar-refractivity contribution in [3.63, 3.8) is 0 Å². The molecule has 1 fully saturated rings. The topological polar surface area (TPSA) is 43.2 Å². The van der Waals surface area contributed by atoms with Crippen LogP contribution in [0.25, 0.3) is 0 Å². The average Bonchev–Trinajstić information content (AvgIpc) is 3.17. The largest absolute Gasteiger partial charge is 0.301 e. The molecule has 4 nitrogen and oxygen atoms in total. The zero-order valence-corrected chi connectivity index (χ0v) is 15.2. The quantitative estimate of drug-likeness (QED) is 0.809. The van der Waals surface area contributed by atoms with Crippen LogP contribution in [0, 0.1) is 24.2 Å². The molecule has 2 aromatic rings. The minimum Gasteiger partial charge on any atom is -0.301 e. The van der Waals surface area contributed by atoms with E-state index in [1.807, 2.05) is 23.7 Å². The Morgan fingerprint density at radius 3 is 3.08 bits per heavy atom. The molecule has 0 saturated carbocycles. The maximum atomic E-state index is 9.02. The third kappa shape index (κ3) is 4.41. The van der Waals surface area contributed by atoms with Gasteiger partial charge in [-0.2, -0.15) is 5.26 Å². The first-order chi connectivity index (χ1) is 11.6. The van der Waals surface area contributed by atoms with Crippen LogP contribution >= 0.6 is 11.3 Å². The second kappa shape index (κ2) is 7.89. The molecule has 1 unspecified atom stereocenters. The molecular weight excluding hydrogens is 316 g/mol. The summed E-state index contributed by atoms with van der Waals surface area (Å²) in [7, 11) is 2.21. The Bertz CT molecular complexity index is 718. The van der Waals surface area contributed by atoms with Gasteiger partial charge in [0.1, 0.15) is 0 Å². The number of aryl methyl sites for hydroxylation is 1. The highest BCUT2D eigenvalue weighted by Crippen LogP contribution is 2.21. The van der Waals surface area contributed by atoms with Crippen LogP contribution in [0.4, 0.5) is 0 Å². The van der Waals surface area contributed by atoms with Crippen LogP contribution < -0.4 is 0 Å². The highest BCUT2D eigenvalue weighted by atomic mass is 32.1. The van der Waals surface area contributed by atoms with Gasteiger partial charge in [-0.05, 0) is 50.6 Å². The van der Waals surface area contributed by atoms with Gasteiger partial charge in [-0.3, -0.25) is 4.90 Å². The summed E-state index contributed by atoms with van der Waals surface area (Å²) in [5, 5.41) is 9.02. The van der Waals surface area contributed by atoms with Gasteiger partial charge in [0.15, 0.2) is 0 Å². The lowest BCUT2D eigenvalue weighted by molar-refractivity contribution is 0.256. The summed E-state index contributed by atoms with van der Waals surface area (Å²) in [6.07, 6.45) is 1.25. The molecule has 126 valence electrons. The van der Waals surface area contributed by atoms with Crippen LogP contribution in [-0.4, -0.2) is 41.5 Å². The molecule has 1 saturated heterocycles. The molecule has 0 spiro atoms. The van der Waals surface area contributed by atoms with Crippen LogP contribution in [0.3, 0.4) is 0 Å². The molecule has 1 aromatic carbocycles. The molecule has 0 N–H and O–H groups in total. The summed E-state index contributed by atoms with van der Waals surface area (Å²) < 4.78 is 0. The standard InChI is InChI=1S/C19H24N4S/c1-15-19(24-14-21-15)13-22(2)10-18-6-7-23(12-18)11-17-5-3-4-16(8-17)9-20/h3-5,8,14,18H,6-7,10-13H2,1-2H3. The molecule has 0 aliphatic carbocycles. The maximum absolute atomic E-state index is 9.02. The van der Waals surface area contributed by atoms with Crippen molar-refractivity contribution < 1.29 is 0 Å². The molecule has 2 heterocycles. The lowest BCUT2D eigenvalue weighted by Gasteiger charge is -2.21. The fourth-order valence-corrected chi connectivity index (χ4v) is 4.29. The molecule has 1 aromatic heterocycles. The van der Waals surface area contributed by atoms with E-state index in [0.29, 0.717) is 0 Å². The number of nitriles is 1. The van der Waals surface area contributed by atoms with Gasteiger partial charge < -0.3 is 4.90 Å². The van der Waals surface area contributed by atoms with Crippen molar-refractivity contribution in [2.24, 2.45) is 5.92 Å². The first kappa shape index (κ1) is 17.1. The number of hydrogen-bond donors (Lipinski definition) is 0. The van der Waals surface area contributed by atoms with Crippen molar-refractivity contribution in [1.29, 1.82) is 5.26 Å². The van der Waals surface area contributed by atoms with Crippen molar-refractivity contribution in [2.45, 2.75) is 26.4 Å². The van der Waals surface area contributed by atoms with Gasteiger partial charge in [0.05, 0.1) is 22.8 Å². The Morgan fingerprint density at radius 1 is 1.46 bits per heavy atom. The van der Waals surface area contributed by atoms with E-state index < -0.39 is 0 Å². The van der Waals surface area contributed by atoms with E-state index in [1.54, 1.807) is 11.3 Å². The van der Waals surface area contributed by atoms with E-state index in [9.17, 15) is 0 Å². The Morgan fingerprint density at radius 2 is 2.33 bits per heavy atom. The number of thiazole rings is 1. The summed E-state index contributed by atoms with van der Waals surface area (Å²) in [6.45, 7) is 7.46. The fourth-order valence-electron chi connectivity index (χ4n) is 3.43. The van der Waals surface area contributed by atoms with E-state index in [2.05, 4.69) is 40.9 Å². The van der Waals surface area contributed by atoms with E-state index in [1.165, 1.54) is 16.9 Å². The van der Waals surface area contributed by atoms with Crippen LogP contribution in [0.2, 0.25) is 0 Å². The zero-order chi connectivity index (χ0) is 16.9. The lowest BCUT2D eigenvalue weighted by atomic mass is 10.1. The predicted octanol–water partition coefficient (Wildman–Crippen LogP) is 3.28. The minimum absolute atomic E-state index is 0.724. The first-order valence-electron chi connectivity index (χ1n) is 8.43. The van der Waals surface area contributed by atoms with Crippen molar-refractivity contribution in [3.05, 3.63) is 51.5 Å². The van der Waals surface area contributed by atoms with E-state index in [4.69, 9.17) is 5.26 Å². The van der Waals surface area contributed by atoms with Crippen molar-refractivity contribution in [3.8, 4) is 6.07 Å². The lowest BCUT2D eigenvalue weighted by Crippen LogP contribution is -2.28. The maximum Gasteiger partial charge on any atom is 0.0991 e. The van der Waals surface area contributed by atoms with E-state index >= 15 is 0 Å². The molecule has 1 atom stereocenters. The molecule has 3 rings (SSSR count). The summed E-state index contributed by atoms with van der Waals surface area (Å²) in [5.74, 6) is 0.724. The van der Waals surface area contributed by atoms with Crippen LogP contribution in [0.1, 0.15) is 28.1 Å². The normalized spacial score (nSPS) is 18.2. The molecule has 1 aliphatic heterocycles. The Balaban J connectivity index is 1.48. The van der Waals surface area contributed by atoms with Gasteiger partial charge in [-0.1, -0.05) is 12.1 Å². The number of likely N-dealkylation sites (tertiary alicyclic amines) is 1. The number of nitrogens with zero attached hydrogens (tertiary/aromatic N) is 4. The Kier molecular flexibility index (Phi) is 5.62. The van der Waals surface area contributed by atoms with Gasteiger partial charge in [0, 0.05) is 31.1 Å². The minimum atomic E-state index is 0.724. The third-order valence-electron chi connectivity index (χ3n) is 4.66. The number of aromatic nitrogens is 1. The zero-order valence-electron chi connectivity index (χ0n) is 14.4. The molecule has 0 bridgehead atoms. The predicted molar refractivity (Wildman–Crippen MR) is 97.7 cm³/mol. The van der Waals surface area contributed by atoms with Crippen LogP contribution in [-0.2, 0) is 13.1 Å². The van der Waals surface area contributed by atoms with Gasteiger partial charge in [-0.15, -0.1) is 11.3 Å². The summed E-state index contributed by atoms with van der Waals surface area (Å²) in [5.41, 5.74) is 5.09. The third-order valence-corrected chi connectivity index (χ3v) is 5.58. The number of rotatable bonds is 6. The molecule has 5 heteroatoms. The van der Waals surface area contributed by atoms with Crippen molar-refractivity contribution >= 4 is 11.3 Å². The van der Waals surface area contributed by atoms with Crippen molar-refractivity contribution in [1.82, 2.24) is 14.8 Å².